The molecule has 2 aromatic rings. The quantitative estimate of drug-likeness (QED) is 0.818. The van der Waals surface area contributed by atoms with Crippen molar-refractivity contribution >= 4 is 22.5 Å². The molecule has 0 aliphatic carbocycles. The van der Waals surface area contributed by atoms with Gasteiger partial charge in [-0.05, 0) is 42.6 Å². The molecule has 1 fully saturated rings. The highest BCUT2D eigenvalue weighted by Gasteiger charge is 2.19. The summed E-state index contributed by atoms with van der Waals surface area (Å²) in [7, 11) is 0. The Morgan fingerprint density at radius 2 is 2.25 bits per heavy atom. The number of benzene rings is 1. The molecule has 2 heterocycles. The maximum absolute atomic E-state index is 6.18. The lowest BCUT2D eigenvalue weighted by Crippen LogP contribution is -2.08. The molecule has 1 aliphatic heterocycles. The van der Waals surface area contributed by atoms with E-state index in [0.29, 0.717) is 5.92 Å². The van der Waals surface area contributed by atoms with Gasteiger partial charge in [0.25, 0.3) is 0 Å². The smallest absolute Gasteiger partial charge is 0.0752 e. The molecule has 1 aromatic heterocycles. The van der Waals surface area contributed by atoms with Crippen LogP contribution in [0.1, 0.15) is 17.9 Å². The summed E-state index contributed by atoms with van der Waals surface area (Å²) in [5.74, 6) is 0.578. The van der Waals surface area contributed by atoms with Crippen LogP contribution in [0.15, 0.2) is 30.5 Å². The first kappa shape index (κ1) is 10.1. The normalized spacial score (nSPS) is 20.4. The van der Waals surface area contributed by atoms with Crippen LogP contribution in [0.25, 0.3) is 10.9 Å². The van der Waals surface area contributed by atoms with E-state index in [2.05, 4.69) is 16.4 Å². The Hall–Kier alpha value is -1.12. The minimum absolute atomic E-state index is 0.578. The van der Waals surface area contributed by atoms with Crippen molar-refractivity contribution in [3.63, 3.8) is 0 Å². The Bertz CT molecular complexity index is 518. The highest BCUT2D eigenvalue weighted by molar-refractivity contribution is 6.35. The molecular weight excluding hydrogens is 220 g/mol. The van der Waals surface area contributed by atoms with E-state index >= 15 is 0 Å². The van der Waals surface area contributed by atoms with Gasteiger partial charge in [-0.25, -0.2) is 0 Å². The summed E-state index contributed by atoms with van der Waals surface area (Å²) >= 11 is 6.18. The van der Waals surface area contributed by atoms with Crippen LogP contribution in [0.3, 0.4) is 0 Å². The maximum atomic E-state index is 6.18. The topological polar surface area (TPSA) is 24.9 Å². The highest BCUT2D eigenvalue weighted by Crippen LogP contribution is 2.31. The molecule has 0 saturated carbocycles. The standard InChI is InChI=1S/C13H13ClN2/c14-12-4-3-10(9-5-7-15-8-9)13-11(12)2-1-6-16-13/h1-4,6,9,15H,5,7-8H2. The molecule has 2 nitrogen and oxygen atoms in total. The predicted molar refractivity (Wildman–Crippen MR) is 67.0 cm³/mol. The minimum Gasteiger partial charge on any atom is -0.316 e. The largest absolute Gasteiger partial charge is 0.316 e. The van der Waals surface area contributed by atoms with E-state index in [1.165, 1.54) is 12.0 Å². The lowest BCUT2D eigenvalue weighted by Gasteiger charge is -2.12. The fourth-order valence-corrected chi connectivity index (χ4v) is 2.62. The molecule has 1 saturated heterocycles. The molecule has 1 aromatic carbocycles. The fourth-order valence-electron chi connectivity index (χ4n) is 2.41. The zero-order valence-corrected chi connectivity index (χ0v) is 9.67. The Morgan fingerprint density at radius 1 is 1.31 bits per heavy atom. The lowest BCUT2D eigenvalue weighted by molar-refractivity contribution is 0.768. The van der Waals surface area contributed by atoms with E-state index in [9.17, 15) is 0 Å². The van der Waals surface area contributed by atoms with Crippen molar-refractivity contribution in [2.75, 3.05) is 13.1 Å². The molecule has 1 atom stereocenters. The Morgan fingerprint density at radius 3 is 3.06 bits per heavy atom. The van der Waals surface area contributed by atoms with Gasteiger partial charge in [-0.3, -0.25) is 4.98 Å². The number of rotatable bonds is 1. The van der Waals surface area contributed by atoms with E-state index in [4.69, 9.17) is 11.6 Å². The summed E-state index contributed by atoms with van der Waals surface area (Å²) in [6.45, 7) is 2.15. The van der Waals surface area contributed by atoms with Gasteiger partial charge in [-0.15, -0.1) is 0 Å². The molecule has 3 rings (SSSR count). The van der Waals surface area contributed by atoms with Gasteiger partial charge in [0.15, 0.2) is 0 Å². The van der Waals surface area contributed by atoms with Crippen LogP contribution in [0.2, 0.25) is 5.02 Å². The second-order valence-corrected chi connectivity index (χ2v) is 4.63. The SMILES string of the molecule is Clc1ccc(C2CCNC2)c2ncccc12. The zero-order valence-electron chi connectivity index (χ0n) is 8.91. The van der Waals surface area contributed by atoms with Gasteiger partial charge in [0.2, 0.25) is 0 Å². The summed E-state index contributed by atoms with van der Waals surface area (Å²) in [4.78, 5) is 4.47. The fraction of sp³-hybridized carbons (Fsp3) is 0.308. The number of nitrogens with zero attached hydrogens (tertiary/aromatic N) is 1. The third-order valence-electron chi connectivity index (χ3n) is 3.25. The Labute approximate surface area is 99.6 Å². The first-order valence-corrected chi connectivity index (χ1v) is 5.98. The second-order valence-electron chi connectivity index (χ2n) is 4.23. The first-order valence-electron chi connectivity index (χ1n) is 5.60. The van der Waals surface area contributed by atoms with E-state index < -0.39 is 0 Å². The molecule has 82 valence electrons. The van der Waals surface area contributed by atoms with Gasteiger partial charge in [0, 0.05) is 23.2 Å². The Kier molecular flexibility index (Phi) is 2.54. The highest BCUT2D eigenvalue weighted by atomic mass is 35.5. The summed E-state index contributed by atoms with van der Waals surface area (Å²) in [6, 6.07) is 8.08. The molecule has 0 radical (unpaired) electrons. The molecule has 3 heteroatoms. The van der Waals surface area contributed by atoms with Crippen LogP contribution in [0.5, 0.6) is 0 Å². The number of fused-ring (bicyclic) bond motifs is 1. The van der Waals surface area contributed by atoms with Gasteiger partial charge in [0.05, 0.1) is 5.52 Å². The Balaban J connectivity index is 2.21. The first-order chi connectivity index (χ1) is 7.86. The number of nitrogens with one attached hydrogen (secondary N) is 1. The van der Waals surface area contributed by atoms with Crippen molar-refractivity contribution in [3.8, 4) is 0 Å². The lowest BCUT2D eigenvalue weighted by atomic mass is 9.96. The number of hydrogen-bond donors (Lipinski definition) is 1. The zero-order chi connectivity index (χ0) is 11.0. The van der Waals surface area contributed by atoms with Gasteiger partial charge >= 0.3 is 0 Å². The number of aromatic nitrogens is 1. The van der Waals surface area contributed by atoms with E-state index in [1.807, 2.05) is 24.4 Å². The van der Waals surface area contributed by atoms with Crippen LogP contribution in [0.4, 0.5) is 0 Å². The molecule has 1 unspecified atom stereocenters. The third-order valence-corrected chi connectivity index (χ3v) is 3.58. The van der Waals surface area contributed by atoms with Crippen LogP contribution < -0.4 is 5.32 Å². The van der Waals surface area contributed by atoms with Crippen molar-refractivity contribution in [1.82, 2.24) is 10.3 Å². The van der Waals surface area contributed by atoms with Crippen LogP contribution >= 0.6 is 11.6 Å². The van der Waals surface area contributed by atoms with Gasteiger partial charge in [-0.2, -0.15) is 0 Å². The minimum atomic E-state index is 0.578. The predicted octanol–water partition coefficient (Wildman–Crippen LogP) is 2.97. The van der Waals surface area contributed by atoms with Crippen molar-refractivity contribution < 1.29 is 0 Å². The average molecular weight is 233 g/mol. The van der Waals surface area contributed by atoms with Gasteiger partial charge in [0.1, 0.15) is 0 Å². The van der Waals surface area contributed by atoms with Crippen LogP contribution in [-0.2, 0) is 0 Å². The number of hydrogen-bond acceptors (Lipinski definition) is 2. The number of halogens is 1. The van der Waals surface area contributed by atoms with Crippen molar-refractivity contribution in [2.45, 2.75) is 12.3 Å². The van der Waals surface area contributed by atoms with Gasteiger partial charge < -0.3 is 5.32 Å². The molecule has 1 aliphatic rings. The van der Waals surface area contributed by atoms with Crippen LogP contribution in [0, 0.1) is 0 Å². The molecular formula is C13H13ClN2. The molecule has 1 N–H and O–H groups in total. The van der Waals surface area contributed by atoms with Crippen molar-refractivity contribution in [1.29, 1.82) is 0 Å². The summed E-state index contributed by atoms with van der Waals surface area (Å²) in [6.07, 6.45) is 3.03. The van der Waals surface area contributed by atoms with Crippen LogP contribution in [-0.4, -0.2) is 18.1 Å². The summed E-state index contributed by atoms with van der Waals surface area (Å²) < 4.78 is 0. The maximum Gasteiger partial charge on any atom is 0.0752 e. The molecule has 0 spiro atoms. The van der Waals surface area contributed by atoms with E-state index in [0.717, 1.165) is 29.0 Å². The summed E-state index contributed by atoms with van der Waals surface area (Å²) in [5, 5.41) is 5.24. The van der Waals surface area contributed by atoms with Crippen molar-refractivity contribution in [2.24, 2.45) is 0 Å². The van der Waals surface area contributed by atoms with Crippen molar-refractivity contribution in [3.05, 3.63) is 41.0 Å². The van der Waals surface area contributed by atoms with Gasteiger partial charge in [-0.1, -0.05) is 17.7 Å². The van der Waals surface area contributed by atoms with E-state index in [1.54, 1.807) is 0 Å². The molecule has 16 heavy (non-hydrogen) atoms. The molecule has 0 amide bonds. The summed E-state index contributed by atoms with van der Waals surface area (Å²) in [5.41, 5.74) is 2.38. The monoisotopic (exact) mass is 232 g/mol. The second kappa shape index (κ2) is 4.04. The van der Waals surface area contributed by atoms with E-state index in [-0.39, 0.29) is 0 Å². The average Bonchev–Trinajstić information content (AvgIpc) is 2.83. The molecule has 0 bridgehead atoms. The third kappa shape index (κ3) is 1.58. The number of pyridine rings is 1.